The molecule has 0 amide bonds. The zero-order valence-electron chi connectivity index (χ0n) is 12.8. The van der Waals surface area contributed by atoms with Gasteiger partial charge in [0.2, 0.25) is 0 Å². The van der Waals surface area contributed by atoms with Crippen molar-refractivity contribution in [1.29, 1.82) is 0 Å². The minimum Gasteiger partial charge on any atom is -0.282 e. The van der Waals surface area contributed by atoms with E-state index in [1.807, 2.05) is 13.8 Å². The topological polar surface area (TPSA) is 108 Å². The fraction of sp³-hybridized carbons (Fsp3) is 0.571. The highest BCUT2D eigenvalue weighted by Crippen LogP contribution is 2.25. The molecule has 0 spiro atoms. The van der Waals surface area contributed by atoms with Gasteiger partial charge in [0.05, 0.1) is 35.9 Å². The number of nitrogens with zero attached hydrogens (tertiary/aromatic N) is 6. The Hall–Kier alpha value is -2.38. The number of aromatic amines is 2. The van der Waals surface area contributed by atoms with Gasteiger partial charge in [-0.15, -0.1) is 0 Å². The molecule has 1 saturated carbocycles. The first kappa shape index (κ1) is 14.6. The maximum Gasteiger partial charge on any atom is 0.126 e. The van der Waals surface area contributed by atoms with Crippen molar-refractivity contribution in [3.63, 3.8) is 0 Å². The monoisotopic (exact) mass is 300 g/mol. The van der Waals surface area contributed by atoms with E-state index in [0.29, 0.717) is 0 Å². The van der Waals surface area contributed by atoms with Crippen molar-refractivity contribution in [3.05, 3.63) is 23.8 Å². The van der Waals surface area contributed by atoms with Crippen molar-refractivity contribution in [2.45, 2.75) is 51.6 Å². The van der Waals surface area contributed by atoms with Gasteiger partial charge in [-0.1, -0.05) is 12.8 Å². The van der Waals surface area contributed by atoms with Crippen LogP contribution in [-0.2, 0) is 0 Å². The number of H-pyrrole nitrogens is 2. The molecule has 2 aromatic rings. The molecule has 3 rings (SSSR count). The van der Waals surface area contributed by atoms with Crippen LogP contribution in [0.15, 0.2) is 22.4 Å². The molecule has 2 atom stereocenters. The number of hydrogen-bond acceptors (Lipinski definition) is 6. The molecule has 2 N–H and O–H groups in total. The molecule has 2 heterocycles. The number of rotatable bonds is 4. The standard InChI is InChI=1S/C14H20N8/c1-9(13-7-15-21-19-13)17-11-5-3-4-6-12(11)18-10(2)14-8-16-22-20-14/h7-8,11-12H,3-6H2,1-2H3,(H,15,19,21)(H,16,20,22). The lowest BCUT2D eigenvalue weighted by molar-refractivity contribution is 0.388. The van der Waals surface area contributed by atoms with Crippen LogP contribution in [0.2, 0.25) is 0 Å². The Bertz CT molecular complexity index is 582. The van der Waals surface area contributed by atoms with Crippen molar-refractivity contribution < 1.29 is 0 Å². The lowest BCUT2D eigenvalue weighted by Crippen LogP contribution is -2.29. The second-order valence-corrected chi connectivity index (χ2v) is 5.56. The summed E-state index contributed by atoms with van der Waals surface area (Å²) in [6, 6.07) is 0.375. The van der Waals surface area contributed by atoms with Crippen molar-refractivity contribution >= 4 is 11.4 Å². The van der Waals surface area contributed by atoms with Gasteiger partial charge in [0.25, 0.3) is 0 Å². The van der Waals surface area contributed by atoms with Crippen molar-refractivity contribution in [2.24, 2.45) is 9.98 Å². The molecular weight excluding hydrogens is 280 g/mol. The molecule has 0 aliphatic heterocycles. The predicted molar refractivity (Wildman–Crippen MR) is 83.2 cm³/mol. The molecule has 0 radical (unpaired) electrons. The quantitative estimate of drug-likeness (QED) is 0.835. The fourth-order valence-corrected chi connectivity index (χ4v) is 2.77. The smallest absolute Gasteiger partial charge is 0.126 e. The van der Waals surface area contributed by atoms with E-state index in [1.165, 1.54) is 12.8 Å². The first-order valence-electron chi connectivity index (χ1n) is 7.55. The van der Waals surface area contributed by atoms with E-state index < -0.39 is 0 Å². The number of hydrogen-bond donors (Lipinski definition) is 2. The molecule has 1 aliphatic rings. The summed E-state index contributed by atoms with van der Waals surface area (Å²) < 4.78 is 0. The van der Waals surface area contributed by atoms with Crippen molar-refractivity contribution in [3.8, 4) is 0 Å². The SMILES string of the molecule is CC(=NC1CCCCC1N=C(C)c1cn[nH]n1)c1cn[nH]n1. The van der Waals surface area contributed by atoms with Crippen LogP contribution in [0.5, 0.6) is 0 Å². The van der Waals surface area contributed by atoms with E-state index in [-0.39, 0.29) is 12.1 Å². The Morgan fingerprint density at radius 1 is 0.909 bits per heavy atom. The number of aliphatic imine (C=N–C) groups is 2. The first-order valence-corrected chi connectivity index (χ1v) is 7.55. The molecule has 22 heavy (non-hydrogen) atoms. The second kappa shape index (κ2) is 6.59. The van der Waals surface area contributed by atoms with Crippen molar-refractivity contribution in [2.75, 3.05) is 0 Å². The number of nitrogens with one attached hydrogen (secondary N) is 2. The van der Waals surface area contributed by atoms with Gasteiger partial charge < -0.3 is 0 Å². The summed E-state index contributed by atoms with van der Waals surface area (Å²) in [5, 5.41) is 21.1. The van der Waals surface area contributed by atoms with Crippen LogP contribution < -0.4 is 0 Å². The zero-order chi connectivity index (χ0) is 15.4. The summed E-state index contributed by atoms with van der Waals surface area (Å²) in [6.45, 7) is 3.94. The van der Waals surface area contributed by atoms with Gasteiger partial charge in [-0.3, -0.25) is 9.98 Å². The van der Waals surface area contributed by atoms with E-state index in [9.17, 15) is 0 Å². The van der Waals surface area contributed by atoms with E-state index in [2.05, 4.69) is 30.8 Å². The normalized spacial score (nSPS) is 23.7. The number of aromatic nitrogens is 6. The van der Waals surface area contributed by atoms with Crippen LogP contribution in [-0.4, -0.2) is 54.3 Å². The Kier molecular flexibility index (Phi) is 4.36. The van der Waals surface area contributed by atoms with Gasteiger partial charge in [0, 0.05) is 0 Å². The van der Waals surface area contributed by atoms with Crippen LogP contribution >= 0.6 is 0 Å². The summed E-state index contributed by atoms with van der Waals surface area (Å²) in [5.74, 6) is 0. The minimum absolute atomic E-state index is 0.187. The summed E-state index contributed by atoms with van der Waals surface area (Å²) in [6.07, 6.45) is 7.87. The molecular formula is C14H20N8. The maximum absolute atomic E-state index is 4.84. The van der Waals surface area contributed by atoms with Crippen LogP contribution in [0.3, 0.4) is 0 Å². The maximum atomic E-state index is 4.84. The highest BCUT2D eigenvalue weighted by Gasteiger charge is 2.25. The Balaban J connectivity index is 1.80. The van der Waals surface area contributed by atoms with Gasteiger partial charge in [-0.2, -0.15) is 30.8 Å². The van der Waals surface area contributed by atoms with Gasteiger partial charge in [0.15, 0.2) is 0 Å². The highest BCUT2D eigenvalue weighted by molar-refractivity contribution is 5.97. The lowest BCUT2D eigenvalue weighted by atomic mass is 9.90. The van der Waals surface area contributed by atoms with Gasteiger partial charge in [0.1, 0.15) is 11.4 Å². The Morgan fingerprint density at radius 3 is 1.73 bits per heavy atom. The van der Waals surface area contributed by atoms with E-state index in [0.717, 1.165) is 35.7 Å². The summed E-state index contributed by atoms with van der Waals surface area (Å²) in [5.41, 5.74) is 3.39. The molecule has 1 aliphatic carbocycles. The molecule has 8 nitrogen and oxygen atoms in total. The largest absolute Gasteiger partial charge is 0.282 e. The first-order chi connectivity index (χ1) is 10.7. The molecule has 116 valence electrons. The third-order valence-electron chi connectivity index (χ3n) is 3.98. The average Bonchev–Trinajstić information content (AvgIpc) is 3.23. The van der Waals surface area contributed by atoms with Crippen LogP contribution in [0.4, 0.5) is 0 Å². The zero-order valence-corrected chi connectivity index (χ0v) is 12.8. The summed E-state index contributed by atoms with van der Waals surface area (Å²) in [4.78, 5) is 9.67. The summed E-state index contributed by atoms with van der Waals surface area (Å²) in [7, 11) is 0. The summed E-state index contributed by atoms with van der Waals surface area (Å²) >= 11 is 0. The molecule has 2 unspecified atom stereocenters. The van der Waals surface area contributed by atoms with Gasteiger partial charge in [-0.05, 0) is 26.7 Å². The Morgan fingerprint density at radius 2 is 1.36 bits per heavy atom. The van der Waals surface area contributed by atoms with Gasteiger partial charge >= 0.3 is 0 Å². The van der Waals surface area contributed by atoms with Crippen LogP contribution in [0.1, 0.15) is 50.9 Å². The highest BCUT2D eigenvalue weighted by atomic mass is 15.3. The fourth-order valence-electron chi connectivity index (χ4n) is 2.77. The average molecular weight is 300 g/mol. The molecule has 8 heteroatoms. The molecule has 0 bridgehead atoms. The lowest BCUT2D eigenvalue weighted by Gasteiger charge is -2.26. The second-order valence-electron chi connectivity index (χ2n) is 5.56. The van der Waals surface area contributed by atoms with Crippen LogP contribution in [0, 0.1) is 0 Å². The van der Waals surface area contributed by atoms with E-state index >= 15 is 0 Å². The minimum atomic E-state index is 0.187. The Labute approximate surface area is 128 Å². The van der Waals surface area contributed by atoms with E-state index in [4.69, 9.17) is 9.98 Å². The third kappa shape index (κ3) is 3.26. The predicted octanol–water partition coefficient (Wildman–Crippen LogP) is 1.55. The van der Waals surface area contributed by atoms with E-state index in [1.54, 1.807) is 12.4 Å². The van der Waals surface area contributed by atoms with Crippen molar-refractivity contribution in [1.82, 2.24) is 30.8 Å². The molecule has 2 aromatic heterocycles. The molecule has 1 fully saturated rings. The van der Waals surface area contributed by atoms with Crippen LogP contribution in [0.25, 0.3) is 0 Å². The third-order valence-corrected chi connectivity index (χ3v) is 3.98. The van der Waals surface area contributed by atoms with Gasteiger partial charge in [-0.25, -0.2) is 0 Å². The molecule has 0 aromatic carbocycles. The molecule has 0 saturated heterocycles.